The van der Waals surface area contributed by atoms with E-state index in [0.717, 1.165) is 70.9 Å². The van der Waals surface area contributed by atoms with Gasteiger partial charge in [-0.3, -0.25) is 4.79 Å². The van der Waals surface area contributed by atoms with Crippen LogP contribution >= 0.6 is 23.2 Å². The van der Waals surface area contributed by atoms with Gasteiger partial charge in [0.05, 0.1) is 23.5 Å². The van der Waals surface area contributed by atoms with Crippen molar-refractivity contribution in [3.05, 3.63) is 0 Å². The molecule has 0 aromatic rings. The average molecular weight is 392 g/mol. The maximum Gasteiger partial charge on any atom is 0.225 e. The first-order valence-electron chi connectivity index (χ1n) is 9.92. The van der Waals surface area contributed by atoms with E-state index < -0.39 is 0 Å². The van der Waals surface area contributed by atoms with Gasteiger partial charge in [-0.2, -0.15) is 0 Å². The van der Waals surface area contributed by atoms with E-state index in [-0.39, 0.29) is 34.8 Å². The third-order valence-electron chi connectivity index (χ3n) is 5.94. The van der Waals surface area contributed by atoms with E-state index in [0.29, 0.717) is 12.5 Å². The zero-order chi connectivity index (χ0) is 17.6. The van der Waals surface area contributed by atoms with Gasteiger partial charge >= 0.3 is 0 Å². The van der Waals surface area contributed by atoms with E-state index in [2.05, 4.69) is 5.32 Å². The van der Waals surface area contributed by atoms with E-state index in [1.807, 2.05) is 0 Å². The van der Waals surface area contributed by atoms with Crippen molar-refractivity contribution in [2.45, 2.75) is 80.7 Å². The molecule has 6 atom stereocenters. The molecule has 2 aliphatic carbocycles. The number of carbonyl (C=O) groups is 1. The first kappa shape index (κ1) is 19.7. The van der Waals surface area contributed by atoms with Crippen molar-refractivity contribution in [2.24, 2.45) is 11.8 Å². The van der Waals surface area contributed by atoms with Crippen LogP contribution in [0.1, 0.15) is 57.8 Å². The number of hydrogen-bond donors (Lipinski definition) is 1. The van der Waals surface area contributed by atoms with E-state index in [1.54, 1.807) is 0 Å². The summed E-state index contributed by atoms with van der Waals surface area (Å²) >= 11 is 12.8. The minimum absolute atomic E-state index is 0.0475. The molecule has 2 heterocycles. The zero-order valence-corrected chi connectivity index (χ0v) is 16.4. The second-order valence-electron chi connectivity index (χ2n) is 7.82. The molecule has 0 radical (unpaired) electrons. The fourth-order valence-electron chi connectivity index (χ4n) is 4.39. The van der Waals surface area contributed by atoms with Gasteiger partial charge in [0.15, 0.2) is 0 Å². The highest BCUT2D eigenvalue weighted by molar-refractivity contribution is 6.21. The summed E-state index contributed by atoms with van der Waals surface area (Å²) < 4.78 is 12.0. The molecule has 1 N–H and O–H groups in total. The van der Waals surface area contributed by atoms with Crippen LogP contribution in [-0.4, -0.2) is 48.6 Å². The van der Waals surface area contributed by atoms with Crippen molar-refractivity contribution in [1.82, 2.24) is 5.32 Å². The summed E-state index contributed by atoms with van der Waals surface area (Å²) in [6, 6.07) is 0. The molecule has 4 nitrogen and oxygen atoms in total. The Labute approximate surface area is 161 Å². The third-order valence-corrected chi connectivity index (χ3v) is 6.80. The minimum atomic E-state index is -0.0596. The lowest BCUT2D eigenvalue weighted by molar-refractivity contribution is -0.132. The van der Waals surface area contributed by atoms with Crippen LogP contribution in [0.4, 0.5) is 0 Å². The molecule has 6 heteroatoms. The van der Waals surface area contributed by atoms with Crippen molar-refractivity contribution in [2.75, 3.05) is 19.8 Å². The lowest BCUT2D eigenvalue weighted by atomic mass is 9.84. The number of ether oxygens (including phenoxy) is 2. The second kappa shape index (κ2) is 9.77. The summed E-state index contributed by atoms with van der Waals surface area (Å²) in [5, 5.41) is 3.36. The Bertz CT molecular complexity index is 437. The van der Waals surface area contributed by atoms with Gasteiger partial charge in [0.2, 0.25) is 5.91 Å². The SMILES string of the molecule is O=C1NCC[C@@H]2CCC(OCCCCOC3CC(Cl)CCC13)C(Cl)C2. The fourth-order valence-corrected chi connectivity index (χ4v) is 5.14. The number of alkyl halides is 2. The highest BCUT2D eigenvalue weighted by atomic mass is 35.5. The smallest absolute Gasteiger partial charge is 0.225 e. The molecule has 4 aliphatic rings. The summed E-state index contributed by atoms with van der Waals surface area (Å²) in [6.45, 7) is 2.14. The van der Waals surface area contributed by atoms with Gasteiger partial charge in [0.25, 0.3) is 0 Å². The summed E-state index contributed by atoms with van der Waals surface area (Å²) in [6.07, 6.45) is 8.70. The summed E-state index contributed by atoms with van der Waals surface area (Å²) in [4.78, 5) is 12.6. The topological polar surface area (TPSA) is 47.6 Å². The number of fused-ring (bicyclic) bond motifs is 10. The van der Waals surface area contributed by atoms with Crippen molar-refractivity contribution < 1.29 is 14.3 Å². The van der Waals surface area contributed by atoms with Crippen molar-refractivity contribution in [1.29, 1.82) is 0 Å². The van der Waals surface area contributed by atoms with Crippen molar-refractivity contribution in [3.8, 4) is 0 Å². The van der Waals surface area contributed by atoms with Gasteiger partial charge < -0.3 is 14.8 Å². The zero-order valence-electron chi connectivity index (χ0n) is 14.9. The summed E-state index contributed by atoms with van der Waals surface area (Å²) in [7, 11) is 0. The Balaban J connectivity index is 1.59. The normalized spacial score (nSPS) is 41.8. The van der Waals surface area contributed by atoms with Crippen LogP contribution in [0.3, 0.4) is 0 Å². The molecule has 4 fully saturated rings. The summed E-state index contributed by atoms with van der Waals surface area (Å²) in [5.74, 6) is 0.664. The lowest BCUT2D eigenvalue weighted by Crippen LogP contribution is -2.43. The molecule has 2 saturated heterocycles. The van der Waals surface area contributed by atoms with Gasteiger partial charge in [-0.25, -0.2) is 0 Å². The Morgan fingerprint density at radius 2 is 1.64 bits per heavy atom. The molecule has 2 aliphatic heterocycles. The third kappa shape index (κ3) is 5.72. The maximum absolute atomic E-state index is 12.6. The minimum Gasteiger partial charge on any atom is -0.377 e. The van der Waals surface area contributed by atoms with Gasteiger partial charge in [0.1, 0.15) is 0 Å². The van der Waals surface area contributed by atoms with Gasteiger partial charge in [0, 0.05) is 25.1 Å². The Hall–Kier alpha value is -0.0300. The predicted molar refractivity (Wildman–Crippen MR) is 100 cm³/mol. The second-order valence-corrected chi connectivity index (χ2v) is 8.99. The molecule has 5 unspecified atom stereocenters. The molecule has 1 amide bonds. The standard InChI is InChI=1S/C19H31Cl2NO3/c20-14-4-5-15-18(12-14)25-10-2-1-9-24-17-6-3-13(11-16(17)21)7-8-22-19(15)23/h13-18H,1-12H2,(H,22,23)/t13-,14?,15?,16?,17?,18?/m0/s1. The quantitative estimate of drug-likeness (QED) is 0.637. The van der Waals surface area contributed by atoms with Gasteiger partial charge in [-0.15, -0.1) is 23.2 Å². The lowest BCUT2D eigenvalue weighted by Gasteiger charge is -2.34. The average Bonchev–Trinajstić information content (AvgIpc) is 2.58. The number of carbonyl (C=O) groups excluding carboxylic acids is 1. The Morgan fingerprint density at radius 1 is 0.880 bits per heavy atom. The van der Waals surface area contributed by atoms with E-state index in [4.69, 9.17) is 32.7 Å². The van der Waals surface area contributed by atoms with Crippen LogP contribution in [-0.2, 0) is 14.3 Å². The number of rotatable bonds is 0. The summed E-state index contributed by atoms with van der Waals surface area (Å²) in [5.41, 5.74) is 0. The van der Waals surface area contributed by atoms with Crippen molar-refractivity contribution in [3.63, 3.8) is 0 Å². The van der Waals surface area contributed by atoms with E-state index >= 15 is 0 Å². The number of amides is 1. The highest BCUT2D eigenvalue weighted by Crippen LogP contribution is 2.33. The van der Waals surface area contributed by atoms with Gasteiger partial charge in [-0.05, 0) is 63.7 Å². The van der Waals surface area contributed by atoms with E-state index in [1.165, 1.54) is 0 Å². The van der Waals surface area contributed by atoms with Gasteiger partial charge in [-0.1, -0.05) is 0 Å². The van der Waals surface area contributed by atoms with Crippen LogP contribution in [0.15, 0.2) is 0 Å². The molecule has 0 aromatic heterocycles. The fraction of sp³-hybridized carbons (Fsp3) is 0.947. The molecule has 0 spiro atoms. The number of halogens is 2. The van der Waals surface area contributed by atoms with Crippen LogP contribution in [0.5, 0.6) is 0 Å². The van der Waals surface area contributed by atoms with Crippen molar-refractivity contribution >= 4 is 29.1 Å². The number of nitrogens with one attached hydrogen (secondary N) is 1. The molecule has 25 heavy (non-hydrogen) atoms. The Kier molecular flexibility index (Phi) is 7.71. The first-order chi connectivity index (χ1) is 12.1. The monoisotopic (exact) mass is 391 g/mol. The largest absolute Gasteiger partial charge is 0.377 e. The highest BCUT2D eigenvalue weighted by Gasteiger charge is 2.35. The molecule has 2 bridgehead atoms. The molecular weight excluding hydrogens is 361 g/mol. The van der Waals surface area contributed by atoms with Crippen LogP contribution in [0, 0.1) is 11.8 Å². The first-order valence-corrected chi connectivity index (χ1v) is 10.8. The molecule has 2 saturated carbocycles. The van der Waals surface area contributed by atoms with E-state index in [9.17, 15) is 4.79 Å². The van der Waals surface area contributed by atoms with Crippen LogP contribution in [0.25, 0.3) is 0 Å². The van der Waals surface area contributed by atoms with Crippen LogP contribution in [0.2, 0.25) is 0 Å². The number of hydrogen-bond acceptors (Lipinski definition) is 3. The predicted octanol–water partition coefficient (Wildman–Crippen LogP) is 3.87. The molecule has 4 rings (SSSR count). The maximum atomic E-state index is 12.6. The Morgan fingerprint density at radius 3 is 2.40 bits per heavy atom. The molecule has 0 aromatic carbocycles. The molecule has 144 valence electrons. The van der Waals surface area contributed by atoms with Crippen LogP contribution < -0.4 is 5.32 Å². The molecular formula is C19H31Cl2NO3.